The zero-order valence-corrected chi connectivity index (χ0v) is 32.2. The van der Waals surface area contributed by atoms with E-state index in [1.165, 1.54) is 86.5 Å². The van der Waals surface area contributed by atoms with Crippen molar-refractivity contribution in [2.75, 3.05) is 0 Å². The van der Waals surface area contributed by atoms with Crippen LogP contribution >= 0.6 is 0 Å². The molecule has 9 rings (SSSR count). The number of nitrogens with zero attached hydrogens (tertiary/aromatic N) is 4. The van der Waals surface area contributed by atoms with Crippen molar-refractivity contribution in [3.8, 4) is 34.1 Å². The van der Waals surface area contributed by atoms with Crippen molar-refractivity contribution in [2.45, 2.75) is 89.9 Å². The van der Waals surface area contributed by atoms with Gasteiger partial charge in [-0.1, -0.05) is 87.4 Å². The molecule has 0 spiro atoms. The first-order valence-corrected chi connectivity index (χ1v) is 18.9. The van der Waals surface area contributed by atoms with Crippen LogP contribution in [-0.2, 0) is 21.1 Å². The summed E-state index contributed by atoms with van der Waals surface area (Å²) >= 11 is 0. The van der Waals surface area contributed by atoms with Crippen LogP contribution in [0.5, 0.6) is 11.5 Å². The first-order valence-electron chi connectivity index (χ1n) is 18.9. The van der Waals surface area contributed by atoms with Crippen molar-refractivity contribution in [1.82, 2.24) is 19.3 Å². The maximum absolute atomic E-state index is 6.54. The normalized spacial score (nSPS) is 15.6. The fraction of sp³-hybridized carbons (Fsp3) is 0.304. The van der Waals surface area contributed by atoms with Crippen LogP contribution in [0.1, 0.15) is 98.3 Å². The Bertz CT molecular complexity index is 2320. The van der Waals surface area contributed by atoms with Gasteiger partial charge in [0.1, 0.15) is 5.82 Å². The summed E-state index contributed by atoms with van der Waals surface area (Å²) in [6, 6.07) is 35.1. The first-order chi connectivity index (χ1) is 25.1. The molecule has 0 bridgehead atoms. The van der Waals surface area contributed by atoms with Gasteiger partial charge in [0.2, 0.25) is 0 Å². The van der Waals surface area contributed by atoms with Gasteiger partial charge >= 0.3 is 21.1 Å². The molecule has 0 atom stereocenters. The van der Waals surface area contributed by atoms with Crippen LogP contribution < -0.4 is 4.74 Å². The Morgan fingerprint density at radius 2 is 1.42 bits per heavy atom. The van der Waals surface area contributed by atoms with Crippen molar-refractivity contribution in [3.63, 3.8) is 0 Å². The third-order valence-electron chi connectivity index (χ3n) is 11.2. The molecule has 0 N–H and O–H groups in total. The Kier molecular flexibility index (Phi) is 9.90. The van der Waals surface area contributed by atoms with E-state index in [1.807, 2.05) is 29.1 Å². The number of hydrogen-bond donors (Lipinski definition) is 0. The number of aryl methyl sites for hydroxylation is 2. The second-order valence-corrected chi connectivity index (χ2v) is 14.8. The molecule has 6 heteroatoms. The summed E-state index contributed by atoms with van der Waals surface area (Å²) in [5.74, 6) is 3.39. The van der Waals surface area contributed by atoms with Gasteiger partial charge in [0.25, 0.3) is 0 Å². The topological polar surface area (TPSA) is 44.9 Å². The fourth-order valence-electron chi connectivity index (χ4n) is 8.79. The molecule has 52 heavy (non-hydrogen) atoms. The predicted molar refractivity (Wildman–Crippen MR) is 206 cm³/mol. The van der Waals surface area contributed by atoms with Gasteiger partial charge in [0.05, 0.1) is 6.20 Å². The maximum Gasteiger partial charge on any atom is 2.00 e. The average Bonchev–Trinajstić information content (AvgIpc) is 3.78. The van der Waals surface area contributed by atoms with E-state index in [-0.39, 0.29) is 21.1 Å². The number of pyridine rings is 1. The molecule has 2 saturated carbocycles. The Labute approximate surface area is 321 Å². The third-order valence-corrected chi connectivity index (χ3v) is 11.2. The average molecular weight is 864 g/mol. The number of aromatic nitrogens is 4. The van der Waals surface area contributed by atoms with Crippen molar-refractivity contribution in [3.05, 3.63) is 132 Å². The smallest absolute Gasteiger partial charge is 0.509 e. The molecule has 0 aliphatic heterocycles. The maximum atomic E-state index is 6.54. The zero-order valence-electron chi connectivity index (χ0n) is 30.0. The second-order valence-electron chi connectivity index (χ2n) is 14.8. The molecule has 0 amide bonds. The van der Waals surface area contributed by atoms with Crippen molar-refractivity contribution in [1.29, 1.82) is 0 Å². The van der Waals surface area contributed by atoms with Crippen molar-refractivity contribution in [2.24, 2.45) is 0 Å². The Morgan fingerprint density at radius 1 is 0.692 bits per heavy atom. The summed E-state index contributed by atoms with van der Waals surface area (Å²) in [5.41, 5.74) is 10.8. The largest absolute Gasteiger partial charge is 2.00 e. The number of hydrogen-bond acceptors (Lipinski definition) is 3. The molecule has 0 saturated heterocycles. The number of benzene rings is 4. The van der Waals surface area contributed by atoms with Crippen molar-refractivity contribution >= 4 is 21.8 Å². The summed E-state index contributed by atoms with van der Waals surface area (Å²) in [6.07, 6.45) is 19.3. The van der Waals surface area contributed by atoms with Crippen LogP contribution in [-0.4, -0.2) is 19.3 Å². The van der Waals surface area contributed by atoms with Gasteiger partial charge in [-0.25, -0.2) is 4.98 Å². The van der Waals surface area contributed by atoms with Crippen LogP contribution in [0.4, 0.5) is 0 Å². The molecule has 2 fully saturated rings. The van der Waals surface area contributed by atoms with E-state index in [4.69, 9.17) is 14.8 Å². The quantitative estimate of drug-likeness (QED) is 0.150. The summed E-state index contributed by atoms with van der Waals surface area (Å²) in [7, 11) is 0. The van der Waals surface area contributed by atoms with E-state index >= 15 is 0 Å². The summed E-state index contributed by atoms with van der Waals surface area (Å²) in [6.45, 7) is 4.19. The SMILES string of the molecule is Cc1cc(Oc2[c-]c3c(cc2)c2ccccc2n3-c2cc(C)ccn2)[c-]c(-n2cc(-c3c(C4CCCCC4)cccc3C3CCCCC3)cn2)c1.[Pt+2]. The Morgan fingerprint density at radius 3 is 2.15 bits per heavy atom. The van der Waals surface area contributed by atoms with Crippen LogP contribution in [0.25, 0.3) is 44.4 Å². The van der Waals surface area contributed by atoms with Gasteiger partial charge in [-0.3, -0.25) is 4.68 Å². The molecule has 2 aliphatic rings. The third kappa shape index (κ3) is 6.65. The van der Waals surface area contributed by atoms with Crippen LogP contribution in [0.15, 0.2) is 97.5 Å². The van der Waals surface area contributed by atoms with Crippen LogP contribution in [0.2, 0.25) is 0 Å². The molecule has 7 aromatic rings. The van der Waals surface area contributed by atoms with Gasteiger partial charge in [0, 0.05) is 35.0 Å². The first kappa shape index (κ1) is 34.6. The Hall–Kier alpha value is -4.47. The standard InChI is InChI=1S/C46H44N4O.Pt/c1-31-22-23-47-45(26-31)50-43-19-10-9-16-41(43)42-21-20-37(28-44(42)50)51-38-25-32(2)24-36(27-38)49-30-35(29-48-49)46-39(33-12-5-3-6-13-33)17-11-18-40(46)34-14-7-4-8-15-34;/h9-11,16-26,29-30,33-34H,3-8,12-15H2,1-2H3;/q-2;+2. The number of fused-ring (bicyclic) bond motifs is 3. The number of rotatable bonds is 7. The Balaban J connectivity index is 0.00000387. The van der Waals surface area contributed by atoms with Crippen LogP contribution in [0, 0.1) is 26.0 Å². The van der Waals surface area contributed by atoms with E-state index in [2.05, 4.69) is 104 Å². The molecule has 3 heterocycles. The second kappa shape index (κ2) is 14.9. The molecule has 3 aromatic heterocycles. The van der Waals surface area contributed by atoms with E-state index in [0.717, 1.165) is 44.4 Å². The molecule has 5 nitrogen and oxygen atoms in total. The molecule has 264 valence electrons. The number of ether oxygens (including phenoxy) is 1. The zero-order chi connectivity index (χ0) is 34.3. The summed E-state index contributed by atoms with van der Waals surface area (Å²) < 4.78 is 10.7. The molecule has 4 aromatic carbocycles. The van der Waals surface area contributed by atoms with E-state index < -0.39 is 0 Å². The van der Waals surface area contributed by atoms with Crippen molar-refractivity contribution < 1.29 is 25.8 Å². The summed E-state index contributed by atoms with van der Waals surface area (Å²) in [4.78, 5) is 4.73. The molecule has 2 aliphatic carbocycles. The van der Waals surface area contributed by atoms with Gasteiger partial charge < -0.3 is 9.30 Å². The summed E-state index contributed by atoms with van der Waals surface area (Å²) in [5, 5.41) is 7.23. The predicted octanol–water partition coefficient (Wildman–Crippen LogP) is 12.1. The minimum atomic E-state index is 0. The van der Waals surface area contributed by atoms with Gasteiger partial charge in [-0.05, 0) is 96.0 Å². The monoisotopic (exact) mass is 863 g/mol. The van der Waals surface area contributed by atoms with Gasteiger partial charge in [-0.15, -0.1) is 35.7 Å². The molecule has 0 radical (unpaired) electrons. The van der Waals surface area contributed by atoms with E-state index in [0.29, 0.717) is 23.3 Å². The van der Waals surface area contributed by atoms with E-state index in [9.17, 15) is 0 Å². The number of para-hydroxylation sites is 1. The van der Waals surface area contributed by atoms with Crippen LogP contribution in [0.3, 0.4) is 0 Å². The molecular formula is C46H44N4OPt. The minimum absolute atomic E-state index is 0. The minimum Gasteiger partial charge on any atom is -0.509 e. The van der Waals surface area contributed by atoms with Gasteiger partial charge in [-0.2, -0.15) is 16.7 Å². The van der Waals surface area contributed by atoms with E-state index in [1.54, 1.807) is 0 Å². The molecular weight excluding hydrogens is 820 g/mol. The molecule has 0 unspecified atom stereocenters. The fourth-order valence-corrected chi connectivity index (χ4v) is 8.79. The van der Waals surface area contributed by atoms with Gasteiger partial charge in [0.15, 0.2) is 0 Å².